The van der Waals surface area contributed by atoms with E-state index in [0.717, 1.165) is 55.6 Å². The molecule has 0 heterocycles. The van der Waals surface area contributed by atoms with Gasteiger partial charge >= 0.3 is 0 Å². The summed E-state index contributed by atoms with van der Waals surface area (Å²) in [7, 11) is 1.67. The third kappa shape index (κ3) is 3.33. The van der Waals surface area contributed by atoms with Gasteiger partial charge in [-0.15, -0.1) is 6.42 Å². The van der Waals surface area contributed by atoms with Crippen molar-refractivity contribution in [2.24, 2.45) is 0 Å². The molecule has 0 aromatic heterocycles. The molecule has 23 heavy (non-hydrogen) atoms. The Morgan fingerprint density at radius 1 is 1.13 bits per heavy atom. The summed E-state index contributed by atoms with van der Waals surface area (Å²) < 4.78 is 11.7. The minimum atomic E-state index is -0.292. The highest BCUT2D eigenvalue weighted by Crippen LogP contribution is 2.42. The molecule has 0 saturated heterocycles. The van der Waals surface area contributed by atoms with E-state index in [1.54, 1.807) is 7.11 Å². The molecule has 1 N–H and O–H groups in total. The predicted octanol–water partition coefficient (Wildman–Crippen LogP) is 3.82. The summed E-state index contributed by atoms with van der Waals surface area (Å²) in [6.07, 6.45) is 13.8. The SMILES string of the molecule is C#CC1(c2ccc(OC)c(OC3CCCC3)c2)CCC(O)CC1. The number of aliphatic hydroxyl groups excluding tert-OH is 1. The minimum Gasteiger partial charge on any atom is -0.493 e. The molecule has 2 aliphatic carbocycles. The zero-order chi connectivity index (χ0) is 16.3. The number of terminal acetylenes is 1. The van der Waals surface area contributed by atoms with Crippen molar-refractivity contribution in [2.45, 2.75) is 69.0 Å². The maximum absolute atomic E-state index is 9.80. The first-order valence-corrected chi connectivity index (χ1v) is 8.68. The molecule has 124 valence electrons. The Hall–Kier alpha value is -1.66. The van der Waals surface area contributed by atoms with E-state index < -0.39 is 0 Å². The van der Waals surface area contributed by atoms with Gasteiger partial charge in [0.15, 0.2) is 11.5 Å². The summed E-state index contributed by atoms with van der Waals surface area (Å²) in [5.74, 6) is 4.58. The Bertz CT molecular complexity index is 573. The lowest BCUT2D eigenvalue weighted by Gasteiger charge is -2.35. The van der Waals surface area contributed by atoms with Crippen LogP contribution >= 0.6 is 0 Å². The summed E-state index contributed by atoms with van der Waals surface area (Å²) in [4.78, 5) is 0. The molecule has 2 fully saturated rings. The van der Waals surface area contributed by atoms with Crippen molar-refractivity contribution < 1.29 is 14.6 Å². The largest absolute Gasteiger partial charge is 0.493 e. The summed E-state index contributed by atoms with van der Waals surface area (Å²) in [5, 5.41) is 9.80. The Morgan fingerprint density at radius 3 is 2.43 bits per heavy atom. The molecule has 3 rings (SSSR count). The van der Waals surface area contributed by atoms with Crippen molar-refractivity contribution in [2.75, 3.05) is 7.11 Å². The Labute approximate surface area is 139 Å². The lowest BCUT2D eigenvalue weighted by Crippen LogP contribution is -2.32. The second-order valence-electron chi connectivity index (χ2n) is 6.85. The number of methoxy groups -OCH3 is 1. The number of hydrogen-bond acceptors (Lipinski definition) is 3. The first kappa shape index (κ1) is 16.2. The average molecular weight is 314 g/mol. The summed E-state index contributed by atoms with van der Waals surface area (Å²) >= 11 is 0. The third-order valence-corrected chi connectivity index (χ3v) is 5.40. The van der Waals surface area contributed by atoms with Crippen LogP contribution in [0.5, 0.6) is 11.5 Å². The second kappa shape index (κ2) is 6.84. The number of aliphatic hydroxyl groups is 1. The monoisotopic (exact) mass is 314 g/mol. The third-order valence-electron chi connectivity index (χ3n) is 5.40. The molecular formula is C20H26O3. The Balaban J connectivity index is 1.88. The van der Waals surface area contributed by atoms with Crippen molar-refractivity contribution in [3.8, 4) is 23.8 Å². The van der Waals surface area contributed by atoms with E-state index in [0.29, 0.717) is 0 Å². The van der Waals surface area contributed by atoms with Crippen LogP contribution in [0.25, 0.3) is 0 Å². The highest BCUT2D eigenvalue weighted by atomic mass is 16.5. The number of rotatable bonds is 4. The lowest BCUT2D eigenvalue weighted by molar-refractivity contribution is 0.110. The fourth-order valence-corrected chi connectivity index (χ4v) is 3.86. The topological polar surface area (TPSA) is 38.7 Å². The highest BCUT2D eigenvalue weighted by molar-refractivity contribution is 5.48. The van der Waals surface area contributed by atoms with Gasteiger partial charge in [-0.05, 0) is 69.1 Å². The normalized spacial score (nSPS) is 28.3. The molecule has 3 heteroatoms. The summed E-state index contributed by atoms with van der Waals surface area (Å²) in [6, 6.07) is 6.08. The molecule has 0 spiro atoms. The molecule has 2 saturated carbocycles. The van der Waals surface area contributed by atoms with Crippen LogP contribution in [-0.4, -0.2) is 24.4 Å². The first-order chi connectivity index (χ1) is 11.2. The summed E-state index contributed by atoms with van der Waals surface area (Å²) in [6.45, 7) is 0. The molecular weight excluding hydrogens is 288 g/mol. The highest BCUT2D eigenvalue weighted by Gasteiger charge is 2.35. The van der Waals surface area contributed by atoms with Crippen LogP contribution in [-0.2, 0) is 5.41 Å². The fraction of sp³-hybridized carbons (Fsp3) is 0.600. The zero-order valence-corrected chi connectivity index (χ0v) is 13.9. The van der Waals surface area contributed by atoms with Gasteiger partial charge in [-0.3, -0.25) is 0 Å². The van der Waals surface area contributed by atoms with Crippen LogP contribution in [0.4, 0.5) is 0 Å². The van der Waals surface area contributed by atoms with Gasteiger partial charge in [0, 0.05) is 0 Å². The van der Waals surface area contributed by atoms with Gasteiger partial charge in [-0.25, -0.2) is 0 Å². The maximum atomic E-state index is 9.80. The van der Waals surface area contributed by atoms with Crippen molar-refractivity contribution in [1.29, 1.82) is 0 Å². The van der Waals surface area contributed by atoms with Crippen LogP contribution < -0.4 is 9.47 Å². The molecule has 0 unspecified atom stereocenters. The smallest absolute Gasteiger partial charge is 0.161 e. The van der Waals surface area contributed by atoms with E-state index in [9.17, 15) is 5.11 Å². The quantitative estimate of drug-likeness (QED) is 0.859. The molecule has 1 aromatic rings. The molecule has 3 nitrogen and oxygen atoms in total. The minimum absolute atomic E-state index is 0.219. The number of benzene rings is 1. The fourth-order valence-electron chi connectivity index (χ4n) is 3.86. The second-order valence-corrected chi connectivity index (χ2v) is 6.85. The van der Waals surface area contributed by atoms with E-state index in [-0.39, 0.29) is 17.6 Å². The number of hydrogen-bond donors (Lipinski definition) is 1. The van der Waals surface area contributed by atoms with Crippen LogP contribution in [0.2, 0.25) is 0 Å². The molecule has 0 atom stereocenters. The molecule has 2 aliphatic rings. The number of ether oxygens (including phenoxy) is 2. The molecule has 1 aromatic carbocycles. The lowest BCUT2D eigenvalue weighted by atomic mass is 9.69. The van der Waals surface area contributed by atoms with Crippen molar-refractivity contribution in [3.05, 3.63) is 23.8 Å². The van der Waals surface area contributed by atoms with Gasteiger partial charge in [-0.1, -0.05) is 12.0 Å². The predicted molar refractivity (Wildman–Crippen MR) is 90.9 cm³/mol. The van der Waals surface area contributed by atoms with Crippen LogP contribution in [0.15, 0.2) is 18.2 Å². The van der Waals surface area contributed by atoms with E-state index >= 15 is 0 Å². The molecule has 0 amide bonds. The van der Waals surface area contributed by atoms with Gasteiger partial charge in [-0.2, -0.15) is 0 Å². The summed E-state index contributed by atoms with van der Waals surface area (Å²) in [5.41, 5.74) is 0.819. The van der Waals surface area contributed by atoms with E-state index in [1.807, 2.05) is 6.07 Å². The van der Waals surface area contributed by atoms with Crippen LogP contribution in [0.3, 0.4) is 0 Å². The van der Waals surface area contributed by atoms with Crippen molar-refractivity contribution in [1.82, 2.24) is 0 Å². The van der Waals surface area contributed by atoms with Crippen LogP contribution in [0.1, 0.15) is 56.9 Å². The molecule has 0 aliphatic heterocycles. The average Bonchev–Trinajstić information content (AvgIpc) is 3.09. The van der Waals surface area contributed by atoms with Gasteiger partial charge in [0.05, 0.1) is 24.7 Å². The standard InChI is InChI=1S/C20H26O3/c1-3-20(12-10-16(21)11-13-20)15-8-9-18(22-2)19(14-15)23-17-6-4-5-7-17/h1,8-9,14,16-17,21H,4-7,10-13H2,2H3. The Morgan fingerprint density at radius 2 is 1.83 bits per heavy atom. The molecule has 0 radical (unpaired) electrons. The zero-order valence-electron chi connectivity index (χ0n) is 13.9. The molecule has 0 bridgehead atoms. The van der Waals surface area contributed by atoms with Gasteiger partial charge in [0.1, 0.15) is 0 Å². The van der Waals surface area contributed by atoms with Crippen molar-refractivity contribution >= 4 is 0 Å². The Kier molecular flexibility index (Phi) is 4.82. The maximum Gasteiger partial charge on any atom is 0.161 e. The van der Waals surface area contributed by atoms with Crippen molar-refractivity contribution in [3.63, 3.8) is 0 Å². The van der Waals surface area contributed by atoms with E-state index in [1.165, 1.54) is 12.8 Å². The van der Waals surface area contributed by atoms with Gasteiger partial charge < -0.3 is 14.6 Å². The van der Waals surface area contributed by atoms with Gasteiger partial charge in [0.25, 0.3) is 0 Å². The van der Waals surface area contributed by atoms with Gasteiger partial charge in [0.2, 0.25) is 0 Å². The van der Waals surface area contributed by atoms with Crippen LogP contribution in [0, 0.1) is 12.3 Å². The first-order valence-electron chi connectivity index (χ1n) is 8.68. The van der Waals surface area contributed by atoms with E-state index in [4.69, 9.17) is 15.9 Å². The van der Waals surface area contributed by atoms with E-state index in [2.05, 4.69) is 18.1 Å².